The molecule has 0 radical (unpaired) electrons. The van der Waals surface area contributed by atoms with Crippen LogP contribution < -0.4 is 0 Å². The van der Waals surface area contributed by atoms with E-state index < -0.39 is 0 Å². The molecule has 0 atom stereocenters. The van der Waals surface area contributed by atoms with Crippen LogP contribution in [0.15, 0.2) is 0 Å². The highest BCUT2D eigenvalue weighted by atomic mass is 79.9. The zero-order valence-electron chi connectivity index (χ0n) is 5.98. The highest BCUT2D eigenvalue weighted by Crippen LogP contribution is 2.08. The van der Waals surface area contributed by atoms with Gasteiger partial charge in [-0.15, -0.1) is 0 Å². The molecule has 0 unspecified atom stereocenters. The first kappa shape index (κ1) is 8.21. The maximum Gasteiger partial charge on any atom is 0.211 e. The zero-order chi connectivity index (χ0) is 7.40. The van der Waals surface area contributed by atoms with Gasteiger partial charge in [-0.3, -0.25) is 9.69 Å². The molecule has 0 aromatic carbocycles. The molecule has 1 fully saturated rings. The van der Waals surface area contributed by atoms with Crippen molar-refractivity contribution in [2.24, 2.45) is 0 Å². The summed E-state index contributed by atoms with van der Waals surface area (Å²) in [4.78, 5) is 12.8. The van der Waals surface area contributed by atoms with Gasteiger partial charge in [0.25, 0.3) is 0 Å². The molecule has 10 heavy (non-hydrogen) atoms. The molecule has 0 saturated carbocycles. The van der Waals surface area contributed by atoms with E-state index in [1.54, 1.807) is 0 Å². The van der Waals surface area contributed by atoms with Crippen LogP contribution in [0.5, 0.6) is 0 Å². The molecule has 0 aromatic heterocycles. The van der Waals surface area contributed by atoms with Gasteiger partial charge < -0.3 is 0 Å². The van der Waals surface area contributed by atoms with Gasteiger partial charge in [0.1, 0.15) is 0 Å². The monoisotopic (exact) mass is 205 g/mol. The Morgan fingerprint density at radius 3 is 2.40 bits per heavy atom. The molecule has 3 heteroatoms. The van der Waals surface area contributed by atoms with Crippen LogP contribution in [0.2, 0.25) is 0 Å². The normalized spacial score (nSPS) is 20.9. The van der Waals surface area contributed by atoms with Crippen molar-refractivity contribution in [2.75, 3.05) is 19.6 Å². The fourth-order valence-electron chi connectivity index (χ4n) is 1.29. The highest BCUT2D eigenvalue weighted by Gasteiger charge is 2.11. The SMILES string of the molecule is O=C(Br)CN1CCCCC1. The van der Waals surface area contributed by atoms with Crippen LogP contribution in [0.25, 0.3) is 0 Å². The molecule has 1 saturated heterocycles. The first-order valence-electron chi connectivity index (χ1n) is 3.70. The van der Waals surface area contributed by atoms with Crippen molar-refractivity contribution in [1.82, 2.24) is 4.90 Å². The van der Waals surface area contributed by atoms with Crippen LogP contribution in [0.4, 0.5) is 0 Å². The van der Waals surface area contributed by atoms with Crippen molar-refractivity contribution in [2.45, 2.75) is 19.3 Å². The molecular weight excluding hydrogens is 194 g/mol. The average molecular weight is 206 g/mol. The molecule has 0 aromatic rings. The van der Waals surface area contributed by atoms with Gasteiger partial charge in [-0.05, 0) is 41.9 Å². The molecular formula is C7H12BrNO. The molecule has 0 spiro atoms. The number of hydrogen-bond donors (Lipinski definition) is 0. The quantitative estimate of drug-likeness (QED) is 0.636. The number of halogens is 1. The van der Waals surface area contributed by atoms with E-state index in [9.17, 15) is 4.79 Å². The lowest BCUT2D eigenvalue weighted by Crippen LogP contribution is -2.32. The molecule has 1 aliphatic heterocycles. The lowest BCUT2D eigenvalue weighted by Gasteiger charge is -2.24. The maximum absolute atomic E-state index is 10.6. The van der Waals surface area contributed by atoms with Gasteiger partial charge >= 0.3 is 0 Å². The fraction of sp³-hybridized carbons (Fsp3) is 0.857. The van der Waals surface area contributed by atoms with Crippen molar-refractivity contribution >= 4 is 20.6 Å². The summed E-state index contributed by atoms with van der Waals surface area (Å²) < 4.78 is 0.106. The summed E-state index contributed by atoms with van der Waals surface area (Å²) in [6, 6.07) is 0. The Morgan fingerprint density at radius 1 is 1.30 bits per heavy atom. The van der Waals surface area contributed by atoms with Gasteiger partial charge in [-0.2, -0.15) is 0 Å². The number of hydrogen-bond acceptors (Lipinski definition) is 2. The van der Waals surface area contributed by atoms with E-state index in [0.29, 0.717) is 6.54 Å². The predicted octanol–water partition coefficient (Wildman–Crippen LogP) is 1.39. The zero-order valence-corrected chi connectivity index (χ0v) is 7.56. The number of carbonyl (C=O) groups is 1. The number of nitrogens with zero attached hydrogens (tertiary/aromatic N) is 1. The Morgan fingerprint density at radius 2 is 1.90 bits per heavy atom. The minimum atomic E-state index is 0.106. The lowest BCUT2D eigenvalue weighted by molar-refractivity contribution is -0.111. The van der Waals surface area contributed by atoms with Gasteiger partial charge in [0.05, 0.1) is 6.54 Å². The van der Waals surface area contributed by atoms with E-state index in [-0.39, 0.29) is 4.69 Å². The van der Waals surface area contributed by atoms with Crippen LogP contribution in [-0.2, 0) is 4.79 Å². The fourth-order valence-corrected chi connectivity index (χ4v) is 1.65. The minimum Gasteiger partial charge on any atom is -0.295 e. The summed E-state index contributed by atoms with van der Waals surface area (Å²) in [6.45, 7) is 2.77. The van der Waals surface area contributed by atoms with Crippen LogP contribution in [-0.4, -0.2) is 29.2 Å². The molecule has 2 nitrogen and oxygen atoms in total. The molecule has 1 heterocycles. The van der Waals surface area contributed by atoms with E-state index in [2.05, 4.69) is 20.8 Å². The minimum absolute atomic E-state index is 0.106. The molecule has 0 amide bonds. The van der Waals surface area contributed by atoms with Crippen molar-refractivity contribution in [3.63, 3.8) is 0 Å². The van der Waals surface area contributed by atoms with Gasteiger partial charge in [0, 0.05) is 0 Å². The van der Waals surface area contributed by atoms with E-state index in [0.717, 1.165) is 13.1 Å². The Kier molecular flexibility index (Phi) is 3.35. The number of piperidine rings is 1. The first-order valence-corrected chi connectivity index (χ1v) is 4.49. The van der Waals surface area contributed by atoms with E-state index >= 15 is 0 Å². The van der Waals surface area contributed by atoms with Crippen molar-refractivity contribution < 1.29 is 4.79 Å². The summed E-state index contributed by atoms with van der Waals surface area (Å²) >= 11 is 2.93. The maximum atomic E-state index is 10.6. The summed E-state index contributed by atoms with van der Waals surface area (Å²) in [5.74, 6) is 0. The largest absolute Gasteiger partial charge is 0.295 e. The van der Waals surface area contributed by atoms with Crippen LogP contribution >= 0.6 is 15.9 Å². The summed E-state index contributed by atoms with van der Waals surface area (Å²) in [6.07, 6.45) is 3.83. The van der Waals surface area contributed by atoms with Crippen molar-refractivity contribution in [3.8, 4) is 0 Å². The van der Waals surface area contributed by atoms with Crippen molar-refractivity contribution in [1.29, 1.82) is 0 Å². The Hall–Kier alpha value is 0.110. The first-order chi connectivity index (χ1) is 4.79. The van der Waals surface area contributed by atoms with Crippen LogP contribution in [0, 0.1) is 0 Å². The second kappa shape index (κ2) is 4.09. The molecule has 0 aliphatic carbocycles. The molecule has 1 aliphatic rings. The second-order valence-corrected chi connectivity index (χ2v) is 3.58. The van der Waals surface area contributed by atoms with E-state index in [4.69, 9.17) is 0 Å². The number of likely N-dealkylation sites (tertiary alicyclic amines) is 1. The lowest BCUT2D eigenvalue weighted by atomic mass is 10.1. The third-order valence-electron chi connectivity index (χ3n) is 1.80. The van der Waals surface area contributed by atoms with Gasteiger partial charge in [0.2, 0.25) is 4.69 Å². The predicted molar refractivity (Wildman–Crippen MR) is 44.2 cm³/mol. The van der Waals surface area contributed by atoms with Crippen molar-refractivity contribution in [3.05, 3.63) is 0 Å². The number of rotatable bonds is 2. The number of carbonyl (C=O) groups excluding carboxylic acids is 1. The summed E-state index contributed by atoms with van der Waals surface area (Å²) in [7, 11) is 0. The van der Waals surface area contributed by atoms with Gasteiger partial charge in [-0.1, -0.05) is 6.42 Å². The van der Waals surface area contributed by atoms with Crippen LogP contribution in [0.3, 0.4) is 0 Å². The smallest absolute Gasteiger partial charge is 0.211 e. The summed E-state index contributed by atoms with van der Waals surface area (Å²) in [5.41, 5.74) is 0. The standard InChI is InChI=1S/C7H12BrNO/c8-7(10)6-9-4-2-1-3-5-9/h1-6H2. The molecule has 0 N–H and O–H groups in total. The molecule has 0 bridgehead atoms. The Labute approximate surface area is 69.7 Å². The van der Waals surface area contributed by atoms with Crippen LogP contribution in [0.1, 0.15) is 19.3 Å². The topological polar surface area (TPSA) is 20.3 Å². The van der Waals surface area contributed by atoms with E-state index in [1.165, 1.54) is 19.3 Å². The molecule has 58 valence electrons. The van der Waals surface area contributed by atoms with Gasteiger partial charge in [-0.25, -0.2) is 0 Å². The second-order valence-electron chi connectivity index (χ2n) is 2.69. The summed E-state index contributed by atoms with van der Waals surface area (Å²) in [5, 5.41) is 0. The average Bonchev–Trinajstić information content (AvgIpc) is 1.88. The highest BCUT2D eigenvalue weighted by molar-refractivity contribution is 9.18. The van der Waals surface area contributed by atoms with E-state index in [1.807, 2.05) is 0 Å². The Balaban J connectivity index is 2.19. The third-order valence-corrected chi connectivity index (χ3v) is 2.05. The Bertz CT molecular complexity index is 121. The van der Waals surface area contributed by atoms with Gasteiger partial charge in [0.15, 0.2) is 0 Å². The molecule has 1 rings (SSSR count). The third kappa shape index (κ3) is 2.80.